The van der Waals surface area contributed by atoms with Gasteiger partial charge in [0, 0.05) is 6.08 Å². The van der Waals surface area contributed by atoms with E-state index in [0.717, 1.165) is 10.6 Å². The first-order valence-electron chi connectivity index (χ1n) is 5.58. The van der Waals surface area contributed by atoms with Crippen molar-refractivity contribution in [3.63, 3.8) is 0 Å². The highest BCUT2D eigenvalue weighted by Crippen LogP contribution is 2.19. The second kappa shape index (κ2) is 4.13. The zero-order valence-electron chi connectivity index (χ0n) is 9.66. The average molecular weight is 257 g/mol. The van der Waals surface area contributed by atoms with Crippen LogP contribution in [0.25, 0.3) is 5.70 Å². The van der Waals surface area contributed by atoms with Gasteiger partial charge in [-0.1, -0.05) is 30.3 Å². The number of carbonyl (C=O) groups is 2. The molecule has 0 spiro atoms. The lowest BCUT2D eigenvalue weighted by Gasteiger charge is -2.28. The first-order chi connectivity index (χ1) is 9.15. The Labute approximate surface area is 108 Å². The Morgan fingerprint density at radius 2 is 2.05 bits per heavy atom. The maximum atomic E-state index is 11.9. The monoisotopic (exact) mass is 257 g/mol. The summed E-state index contributed by atoms with van der Waals surface area (Å²) >= 11 is 0. The fourth-order valence-corrected chi connectivity index (χ4v) is 1.91. The smallest absolute Gasteiger partial charge is 0.270 e. The van der Waals surface area contributed by atoms with E-state index < -0.39 is 12.3 Å². The molecule has 0 unspecified atom stereocenters. The molecule has 7 nitrogen and oxygen atoms in total. The number of fused-ring (bicyclic) bond motifs is 1. The van der Waals surface area contributed by atoms with Crippen LogP contribution in [0, 0.1) is 0 Å². The number of carboxylic acid groups (broad SMARTS) is 1. The van der Waals surface area contributed by atoms with E-state index in [1.54, 1.807) is 0 Å². The Balaban J connectivity index is 1.90. The highest BCUT2D eigenvalue weighted by Gasteiger charge is 2.34. The number of amidine groups is 1. The summed E-state index contributed by atoms with van der Waals surface area (Å²) in [6.07, 6.45) is 0.604. The molecular weight excluding hydrogens is 248 g/mol. The third kappa shape index (κ3) is 1.90. The number of hydrazine groups is 1. The van der Waals surface area contributed by atoms with Crippen molar-refractivity contribution in [2.75, 3.05) is 0 Å². The van der Waals surface area contributed by atoms with Gasteiger partial charge in [0.2, 0.25) is 6.29 Å². The lowest BCUT2D eigenvalue weighted by Crippen LogP contribution is -2.54. The SMILES string of the molecule is O=C([O-])C1=N[C@@H]2NC(c3ccccc3)=CC(=O)N2N1. The topological polar surface area (TPSA) is 96.9 Å². The quantitative estimate of drug-likeness (QED) is 0.665. The summed E-state index contributed by atoms with van der Waals surface area (Å²) in [4.78, 5) is 26.4. The Morgan fingerprint density at radius 1 is 1.32 bits per heavy atom. The number of rotatable bonds is 2. The van der Waals surface area contributed by atoms with Crippen molar-refractivity contribution in [3.05, 3.63) is 42.0 Å². The minimum Gasteiger partial charge on any atom is -0.542 e. The average Bonchev–Trinajstić information content (AvgIpc) is 2.84. The summed E-state index contributed by atoms with van der Waals surface area (Å²) in [5.74, 6) is -2.19. The van der Waals surface area contributed by atoms with Gasteiger partial charge in [-0.2, -0.15) is 0 Å². The summed E-state index contributed by atoms with van der Waals surface area (Å²) < 4.78 is 0. The number of hydrogen-bond donors (Lipinski definition) is 2. The summed E-state index contributed by atoms with van der Waals surface area (Å²) in [7, 11) is 0. The number of nitrogens with one attached hydrogen (secondary N) is 2. The molecule has 2 heterocycles. The number of nitrogens with zero attached hydrogens (tertiary/aromatic N) is 2. The van der Waals surface area contributed by atoms with Crippen LogP contribution in [0.3, 0.4) is 0 Å². The standard InChI is InChI=1S/C12H10N4O3/c17-9-6-8(7-4-2-1-3-5-7)13-12-14-10(11(18)19)15-16(9)12/h1-6,12-13H,(H,14,15)(H,18,19)/p-1/t12-/m0/s1. The van der Waals surface area contributed by atoms with Crippen molar-refractivity contribution < 1.29 is 14.7 Å². The number of carboxylic acids is 1. The molecule has 1 aromatic carbocycles. The molecule has 2 aliphatic rings. The van der Waals surface area contributed by atoms with Crippen molar-refractivity contribution in [1.82, 2.24) is 15.8 Å². The molecule has 19 heavy (non-hydrogen) atoms. The normalized spacial score (nSPS) is 20.9. The van der Waals surface area contributed by atoms with Gasteiger partial charge in [-0.3, -0.25) is 10.2 Å². The maximum Gasteiger partial charge on any atom is 0.270 e. The van der Waals surface area contributed by atoms with E-state index in [-0.39, 0.29) is 11.7 Å². The van der Waals surface area contributed by atoms with E-state index in [2.05, 4.69) is 15.7 Å². The molecule has 3 rings (SSSR count). The predicted octanol–water partition coefficient (Wildman–Crippen LogP) is -1.59. The van der Waals surface area contributed by atoms with Crippen molar-refractivity contribution in [1.29, 1.82) is 0 Å². The number of aliphatic carboxylic acids is 1. The number of carbonyl (C=O) groups excluding carboxylic acids is 2. The molecule has 2 aliphatic heterocycles. The van der Waals surface area contributed by atoms with Gasteiger partial charge in [-0.15, -0.1) is 0 Å². The highest BCUT2D eigenvalue weighted by molar-refractivity contribution is 6.34. The van der Waals surface area contributed by atoms with Gasteiger partial charge in [0.25, 0.3) is 5.91 Å². The molecule has 0 radical (unpaired) electrons. The summed E-state index contributed by atoms with van der Waals surface area (Å²) in [5, 5.41) is 14.8. The summed E-state index contributed by atoms with van der Waals surface area (Å²) in [6.45, 7) is 0. The molecule has 96 valence electrons. The van der Waals surface area contributed by atoms with Gasteiger partial charge < -0.3 is 15.2 Å². The molecular formula is C12H9N4O3-. The highest BCUT2D eigenvalue weighted by atomic mass is 16.4. The third-order valence-corrected chi connectivity index (χ3v) is 2.79. The van der Waals surface area contributed by atoms with Gasteiger partial charge in [0.1, 0.15) is 5.97 Å². The molecule has 0 saturated heterocycles. The predicted molar refractivity (Wildman–Crippen MR) is 63.8 cm³/mol. The van der Waals surface area contributed by atoms with Crippen LogP contribution in [0.4, 0.5) is 0 Å². The molecule has 0 aliphatic carbocycles. The van der Waals surface area contributed by atoms with Crippen LogP contribution in [-0.2, 0) is 9.59 Å². The Kier molecular flexibility index (Phi) is 2.45. The molecule has 0 aromatic heterocycles. The third-order valence-electron chi connectivity index (χ3n) is 2.79. The Hall–Kier alpha value is -2.83. The van der Waals surface area contributed by atoms with Crippen LogP contribution in [0.15, 0.2) is 41.4 Å². The number of hydrogen-bond acceptors (Lipinski definition) is 6. The molecule has 7 heteroatoms. The van der Waals surface area contributed by atoms with Gasteiger partial charge in [-0.05, 0) is 5.56 Å². The van der Waals surface area contributed by atoms with Crippen LogP contribution in [-0.4, -0.2) is 29.0 Å². The van der Waals surface area contributed by atoms with E-state index in [9.17, 15) is 14.7 Å². The molecule has 1 amide bonds. The van der Waals surface area contributed by atoms with Crippen LogP contribution < -0.4 is 15.8 Å². The van der Waals surface area contributed by atoms with Crippen molar-refractivity contribution in [2.45, 2.75) is 6.29 Å². The van der Waals surface area contributed by atoms with Crippen LogP contribution in [0.2, 0.25) is 0 Å². The first kappa shape index (κ1) is 11.3. The summed E-state index contributed by atoms with van der Waals surface area (Å²) in [5.41, 5.74) is 3.80. The van der Waals surface area contributed by atoms with Gasteiger partial charge in [-0.25, -0.2) is 10.0 Å². The van der Waals surface area contributed by atoms with Crippen molar-refractivity contribution >= 4 is 23.4 Å². The molecule has 0 bridgehead atoms. The van der Waals surface area contributed by atoms with E-state index in [4.69, 9.17) is 0 Å². The second-order valence-corrected chi connectivity index (χ2v) is 4.03. The van der Waals surface area contributed by atoms with Crippen LogP contribution >= 0.6 is 0 Å². The van der Waals surface area contributed by atoms with Gasteiger partial charge in [0.15, 0.2) is 5.84 Å². The lowest BCUT2D eigenvalue weighted by molar-refractivity contribution is -0.294. The summed E-state index contributed by atoms with van der Waals surface area (Å²) in [6, 6.07) is 9.24. The maximum absolute atomic E-state index is 11.9. The fourth-order valence-electron chi connectivity index (χ4n) is 1.91. The Bertz CT molecular complexity index is 609. The van der Waals surface area contributed by atoms with E-state index >= 15 is 0 Å². The van der Waals surface area contributed by atoms with Crippen molar-refractivity contribution in [3.8, 4) is 0 Å². The fraction of sp³-hybridized carbons (Fsp3) is 0.0833. The van der Waals surface area contributed by atoms with E-state index in [1.165, 1.54) is 6.08 Å². The van der Waals surface area contributed by atoms with Crippen LogP contribution in [0.1, 0.15) is 5.56 Å². The number of amides is 1. The number of aliphatic imine (C=N–C) groups is 1. The molecule has 0 saturated carbocycles. The van der Waals surface area contributed by atoms with Gasteiger partial charge in [0.05, 0.1) is 5.70 Å². The largest absolute Gasteiger partial charge is 0.542 e. The molecule has 0 fully saturated rings. The van der Waals surface area contributed by atoms with Gasteiger partial charge >= 0.3 is 0 Å². The van der Waals surface area contributed by atoms with E-state index in [1.807, 2.05) is 30.3 Å². The van der Waals surface area contributed by atoms with E-state index in [0.29, 0.717) is 5.70 Å². The molecule has 1 aromatic rings. The molecule has 2 N–H and O–H groups in total. The zero-order chi connectivity index (χ0) is 13.4. The minimum atomic E-state index is -1.45. The molecule has 1 atom stereocenters. The first-order valence-corrected chi connectivity index (χ1v) is 5.58. The number of benzene rings is 1. The second-order valence-electron chi connectivity index (χ2n) is 4.03. The van der Waals surface area contributed by atoms with Crippen LogP contribution in [0.5, 0.6) is 0 Å². The minimum absolute atomic E-state index is 0.367. The zero-order valence-corrected chi connectivity index (χ0v) is 9.66. The Morgan fingerprint density at radius 3 is 2.74 bits per heavy atom. The van der Waals surface area contributed by atoms with Crippen molar-refractivity contribution in [2.24, 2.45) is 4.99 Å². The lowest BCUT2D eigenvalue weighted by atomic mass is 10.1.